The fourth-order valence-corrected chi connectivity index (χ4v) is 1.63. The van der Waals surface area contributed by atoms with Gasteiger partial charge < -0.3 is 4.90 Å². The zero-order valence-corrected chi connectivity index (χ0v) is 10.8. The van der Waals surface area contributed by atoms with Gasteiger partial charge in [-0.3, -0.25) is 0 Å². The molecular formula is C11H24BrN. The quantitative estimate of drug-likeness (QED) is 0.564. The largest absolute Gasteiger partial charge is 0.303 e. The summed E-state index contributed by atoms with van der Waals surface area (Å²) < 4.78 is 0. The van der Waals surface area contributed by atoms with Gasteiger partial charge in [-0.25, -0.2) is 0 Å². The van der Waals surface area contributed by atoms with Crippen LogP contribution in [-0.4, -0.2) is 29.9 Å². The third kappa shape index (κ3) is 8.76. The fraction of sp³-hybridized carbons (Fsp3) is 1.00. The second-order valence-electron chi connectivity index (χ2n) is 3.59. The van der Waals surface area contributed by atoms with Crippen LogP contribution in [0, 0.1) is 0 Å². The van der Waals surface area contributed by atoms with Crippen molar-refractivity contribution in [1.82, 2.24) is 4.90 Å². The maximum Gasteiger partial charge on any atom is 0.00434 e. The van der Waals surface area contributed by atoms with Crippen LogP contribution in [0.25, 0.3) is 0 Å². The average Bonchev–Trinajstić information content (AvgIpc) is 2.17. The highest BCUT2D eigenvalue weighted by Crippen LogP contribution is 2.01. The van der Waals surface area contributed by atoms with Gasteiger partial charge in [-0.15, -0.1) is 0 Å². The molecule has 0 radical (unpaired) electrons. The van der Waals surface area contributed by atoms with Crippen molar-refractivity contribution >= 4 is 15.9 Å². The van der Waals surface area contributed by atoms with Crippen LogP contribution in [-0.2, 0) is 0 Å². The standard InChI is InChI=1S/C11H24BrN/c1-3-5-9-13(10-6-4-2)11-7-8-12/h3-11H2,1-2H3. The van der Waals surface area contributed by atoms with Crippen molar-refractivity contribution in [3.8, 4) is 0 Å². The molecule has 0 saturated carbocycles. The first-order valence-corrected chi connectivity index (χ1v) is 6.75. The number of unbranched alkanes of at least 4 members (excludes halogenated alkanes) is 2. The summed E-state index contributed by atoms with van der Waals surface area (Å²) in [6, 6.07) is 0. The third-order valence-electron chi connectivity index (χ3n) is 2.26. The summed E-state index contributed by atoms with van der Waals surface area (Å²) in [5.41, 5.74) is 0. The maximum absolute atomic E-state index is 3.49. The van der Waals surface area contributed by atoms with Crippen molar-refractivity contribution < 1.29 is 0 Å². The monoisotopic (exact) mass is 249 g/mol. The smallest absolute Gasteiger partial charge is 0.00434 e. The lowest BCUT2D eigenvalue weighted by molar-refractivity contribution is 0.267. The van der Waals surface area contributed by atoms with Gasteiger partial charge in [-0.1, -0.05) is 42.6 Å². The van der Waals surface area contributed by atoms with E-state index in [0.717, 1.165) is 5.33 Å². The minimum absolute atomic E-state index is 1.14. The Labute approximate surface area is 92.0 Å². The Hall–Kier alpha value is 0.440. The lowest BCUT2D eigenvalue weighted by Crippen LogP contribution is -2.27. The van der Waals surface area contributed by atoms with Crippen LogP contribution in [0.3, 0.4) is 0 Å². The second kappa shape index (κ2) is 10.5. The maximum atomic E-state index is 3.49. The molecule has 0 atom stereocenters. The molecule has 0 aromatic rings. The summed E-state index contributed by atoms with van der Waals surface area (Å²) in [4.78, 5) is 2.61. The molecule has 0 heterocycles. The van der Waals surface area contributed by atoms with Crippen molar-refractivity contribution in [2.45, 2.75) is 46.0 Å². The zero-order valence-electron chi connectivity index (χ0n) is 9.19. The molecule has 0 aliphatic rings. The van der Waals surface area contributed by atoms with Gasteiger partial charge in [-0.05, 0) is 38.9 Å². The molecule has 0 aromatic heterocycles. The Morgan fingerprint density at radius 1 is 0.846 bits per heavy atom. The van der Waals surface area contributed by atoms with E-state index >= 15 is 0 Å². The fourth-order valence-electron chi connectivity index (χ4n) is 1.38. The highest BCUT2D eigenvalue weighted by molar-refractivity contribution is 9.09. The van der Waals surface area contributed by atoms with E-state index in [9.17, 15) is 0 Å². The van der Waals surface area contributed by atoms with Gasteiger partial charge in [0.05, 0.1) is 0 Å². The van der Waals surface area contributed by atoms with Gasteiger partial charge in [0.1, 0.15) is 0 Å². The van der Waals surface area contributed by atoms with Gasteiger partial charge in [0.2, 0.25) is 0 Å². The summed E-state index contributed by atoms with van der Waals surface area (Å²) in [5.74, 6) is 0. The summed E-state index contributed by atoms with van der Waals surface area (Å²) in [6.07, 6.45) is 6.62. The first kappa shape index (κ1) is 13.4. The number of nitrogens with zero attached hydrogens (tertiary/aromatic N) is 1. The lowest BCUT2D eigenvalue weighted by atomic mass is 10.2. The van der Waals surface area contributed by atoms with E-state index in [4.69, 9.17) is 0 Å². The Morgan fingerprint density at radius 3 is 1.69 bits per heavy atom. The van der Waals surface area contributed by atoms with Crippen molar-refractivity contribution in [2.24, 2.45) is 0 Å². The topological polar surface area (TPSA) is 3.24 Å². The molecule has 0 spiro atoms. The summed E-state index contributed by atoms with van der Waals surface area (Å²) in [6.45, 7) is 8.39. The molecule has 13 heavy (non-hydrogen) atoms. The molecule has 1 nitrogen and oxygen atoms in total. The van der Waals surface area contributed by atoms with Gasteiger partial charge >= 0.3 is 0 Å². The first-order valence-electron chi connectivity index (χ1n) is 5.63. The Balaban J connectivity index is 3.47. The number of hydrogen-bond acceptors (Lipinski definition) is 1. The Kier molecular flexibility index (Phi) is 10.9. The number of alkyl halides is 1. The number of rotatable bonds is 9. The van der Waals surface area contributed by atoms with E-state index < -0.39 is 0 Å². The Bertz CT molecular complexity index is 77.1. The molecule has 0 aliphatic carbocycles. The molecule has 0 bridgehead atoms. The molecule has 0 saturated heterocycles. The van der Waals surface area contributed by atoms with Crippen LogP contribution in [0.5, 0.6) is 0 Å². The molecule has 0 amide bonds. The molecule has 0 aromatic carbocycles. The van der Waals surface area contributed by atoms with Crippen molar-refractivity contribution in [2.75, 3.05) is 25.0 Å². The summed E-state index contributed by atoms with van der Waals surface area (Å²) >= 11 is 3.49. The Morgan fingerprint density at radius 2 is 1.31 bits per heavy atom. The number of halogens is 1. The predicted octanol–water partition coefficient (Wildman–Crippen LogP) is 3.67. The van der Waals surface area contributed by atoms with Gasteiger partial charge in [0, 0.05) is 5.33 Å². The molecule has 0 N–H and O–H groups in total. The molecule has 2 heteroatoms. The molecule has 80 valence electrons. The van der Waals surface area contributed by atoms with Gasteiger partial charge in [0.25, 0.3) is 0 Å². The molecule has 0 unspecified atom stereocenters. The van der Waals surface area contributed by atoms with Crippen LogP contribution < -0.4 is 0 Å². The van der Waals surface area contributed by atoms with E-state index in [1.807, 2.05) is 0 Å². The van der Waals surface area contributed by atoms with Crippen LogP contribution in [0.15, 0.2) is 0 Å². The summed E-state index contributed by atoms with van der Waals surface area (Å²) in [7, 11) is 0. The van der Waals surface area contributed by atoms with E-state index in [-0.39, 0.29) is 0 Å². The molecule has 0 rings (SSSR count). The SMILES string of the molecule is CCCCN(CCCC)CCCBr. The first-order chi connectivity index (χ1) is 6.35. The van der Waals surface area contributed by atoms with Crippen LogP contribution in [0.4, 0.5) is 0 Å². The zero-order chi connectivity index (χ0) is 9.94. The van der Waals surface area contributed by atoms with Crippen molar-refractivity contribution in [3.05, 3.63) is 0 Å². The highest BCUT2D eigenvalue weighted by Gasteiger charge is 2.02. The van der Waals surface area contributed by atoms with Crippen LogP contribution in [0.1, 0.15) is 46.0 Å². The second-order valence-corrected chi connectivity index (χ2v) is 4.38. The van der Waals surface area contributed by atoms with Crippen LogP contribution in [0.2, 0.25) is 0 Å². The molecule has 0 fully saturated rings. The van der Waals surface area contributed by atoms with Crippen molar-refractivity contribution in [1.29, 1.82) is 0 Å². The van der Waals surface area contributed by atoms with Gasteiger partial charge in [0.15, 0.2) is 0 Å². The minimum atomic E-state index is 1.14. The normalized spacial score (nSPS) is 11.1. The predicted molar refractivity (Wildman–Crippen MR) is 64.7 cm³/mol. The van der Waals surface area contributed by atoms with Crippen molar-refractivity contribution in [3.63, 3.8) is 0 Å². The van der Waals surface area contributed by atoms with E-state index in [0.29, 0.717) is 0 Å². The van der Waals surface area contributed by atoms with E-state index in [2.05, 4.69) is 34.7 Å². The van der Waals surface area contributed by atoms with Crippen LogP contribution >= 0.6 is 15.9 Å². The number of hydrogen-bond donors (Lipinski definition) is 0. The summed E-state index contributed by atoms with van der Waals surface area (Å²) in [5, 5.41) is 1.14. The van der Waals surface area contributed by atoms with E-state index in [1.165, 1.54) is 51.7 Å². The van der Waals surface area contributed by atoms with Gasteiger partial charge in [-0.2, -0.15) is 0 Å². The third-order valence-corrected chi connectivity index (χ3v) is 2.82. The average molecular weight is 250 g/mol. The van der Waals surface area contributed by atoms with E-state index in [1.54, 1.807) is 0 Å². The highest BCUT2D eigenvalue weighted by atomic mass is 79.9. The minimum Gasteiger partial charge on any atom is -0.303 e. The lowest BCUT2D eigenvalue weighted by Gasteiger charge is -2.21. The molecular weight excluding hydrogens is 226 g/mol. The molecule has 0 aliphatic heterocycles.